The number of carbonyl (C=O) groups is 8. The highest BCUT2D eigenvalue weighted by Gasteiger charge is 2.32. The summed E-state index contributed by atoms with van der Waals surface area (Å²) in [6.45, 7) is 0. The van der Waals surface area contributed by atoms with Gasteiger partial charge in [0.2, 0.25) is 5.79 Å². The maximum Gasteiger partial charge on any atom is 0.346 e. The zero-order chi connectivity index (χ0) is 35.0. The van der Waals surface area contributed by atoms with E-state index in [9.17, 15) is 43.5 Å². The van der Waals surface area contributed by atoms with E-state index in [2.05, 4.69) is 9.47 Å². The summed E-state index contributed by atoms with van der Waals surface area (Å²) in [6.07, 6.45) is 4.75. The third-order valence-electron chi connectivity index (χ3n) is 6.47. The van der Waals surface area contributed by atoms with Gasteiger partial charge in [0.25, 0.3) is 0 Å². The molecule has 15 nitrogen and oxygen atoms in total. The number of carboxylic acid groups (broad SMARTS) is 3. The lowest BCUT2D eigenvalue weighted by Crippen LogP contribution is -2.36. The third kappa shape index (κ3) is 13.1. The normalized spacial score (nSPS) is 13.3. The van der Waals surface area contributed by atoms with Crippen LogP contribution in [0.4, 0.5) is 0 Å². The van der Waals surface area contributed by atoms with E-state index in [1.54, 1.807) is 0 Å². The minimum absolute atomic E-state index is 0.127. The summed E-state index contributed by atoms with van der Waals surface area (Å²) in [5, 5.41) is 36.2. The van der Waals surface area contributed by atoms with Gasteiger partial charge in [-0.25, -0.2) is 28.8 Å². The van der Waals surface area contributed by atoms with Crippen LogP contribution in [0.2, 0.25) is 0 Å². The molecule has 1 saturated carbocycles. The van der Waals surface area contributed by atoms with Crippen molar-refractivity contribution < 1.29 is 73.0 Å². The first kappa shape index (κ1) is 37.5. The van der Waals surface area contributed by atoms with Crippen LogP contribution in [0, 0.1) is 0 Å². The van der Waals surface area contributed by atoms with Gasteiger partial charge in [0, 0.05) is 37.8 Å². The number of carbonyl (C=O) groups excluding carboxylic acids is 5. The minimum atomic E-state index is -1.40. The lowest BCUT2D eigenvalue weighted by atomic mass is 9.94. The molecule has 0 unspecified atom stereocenters. The van der Waals surface area contributed by atoms with E-state index in [0.29, 0.717) is 18.9 Å². The molecular weight excluding hydrogens is 624 g/mol. The first-order valence-corrected chi connectivity index (χ1v) is 14.2. The second kappa shape index (κ2) is 18.3. The Balaban J connectivity index is 0.000000427. The lowest BCUT2D eigenvalue weighted by Gasteiger charge is -2.30. The van der Waals surface area contributed by atoms with Gasteiger partial charge in [0.15, 0.2) is 0 Å². The van der Waals surface area contributed by atoms with Gasteiger partial charge in [-0.2, -0.15) is 0 Å². The smallest absolute Gasteiger partial charge is 0.346 e. The topological polar surface area (TPSA) is 245 Å². The number of hydrogen-bond acceptors (Lipinski definition) is 12. The van der Waals surface area contributed by atoms with Crippen molar-refractivity contribution in [1.82, 2.24) is 0 Å². The van der Waals surface area contributed by atoms with Crippen LogP contribution in [0.3, 0.4) is 0 Å². The van der Waals surface area contributed by atoms with Crippen molar-refractivity contribution >= 4 is 47.8 Å². The summed E-state index contributed by atoms with van der Waals surface area (Å²) in [4.78, 5) is 91.0. The number of unbranched alkanes of at least 4 members (excludes halogenated alkanes) is 1. The molecule has 1 aliphatic carbocycles. The highest BCUT2D eigenvalue weighted by atomic mass is 16.7. The fraction of sp³-hybridized carbons (Fsp3) is 0.312. The summed E-state index contributed by atoms with van der Waals surface area (Å²) < 4.78 is 14.0. The Morgan fingerprint density at radius 1 is 0.617 bits per heavy atom. The van der Waals surface area contributed by atoms with Crippen LogP contribution in [-0.4, -0.2) is 74.0 Å². The predicted molar refractivity (Wildman–Crippen MR) is 157 cm³/mol. The molecule has 0 aromatic heterocycles. The van der Waals surface area contributed by atoms with Crippen LogP contribution in [-0.2, 0) is 33.4 Å². The number of benzene rings is 2. The standard InChI is InChI=1S/C22H18O10.C10H14O5/c23-17(31-21(29)15-9-3-1-7-13(15)19(25)26)11-5-6-12-18(24)32-22(30)16-10-4-2-8-14(16)20(27)28;11-8(12)4-5-9(13)15-10(14)6-2-1-3-7-10/h1-4,7-10H,5-6,11-12H2,(H,25,26)(H,27,28);4-5,14H,1-3,6-7H2,(H,11,12)/b;5-4-. The Labute approximate surface area is 267 Å². The van der Waals surface area contributed by atoms with Gasteiger partial charge in [0.05, 0.1) is 22.3 Å². The average Bonchev–Trinajstić information content (AvgIpc) is 3.02. The van der Waals surface area contributed by atoms with Crippen molar-refractivity contribution in [3.63, 3.8) is 0 Å². The molecule has 0 saturated heterocycles. The van der Waals surface area contributed by atoms with Crippen LogP contribution in [0.25, 0.3) is 0 Å². The van der Waals surface area contributed by atoms with Crippen molar-refractivity contribution in [1.29, 1.82) is 0 Å². The highest BCUT2D eigenvalue weighted by molar-refractivity contribution is 6.06. The van der Waals surface area contributed by atoms with E-state index in [1.807, 2.05) is 0 Å². The molecule has 1 aliphatic rings. The van der Waals surface area contributed by atoms with Gasteiger partial charge < -0.3 is 34.6 Å². The lowest BCUT2D eigenvalue weighted by molar-refractivity contribution is -0.215. The van der Waals surface area contributed by atoms with Crippen LogP contribution in [0.1, 0.15) is 99.2 Å². The zero-order valence-electron chi connectivity index (χ0n) is 24.9. The number of esters is 5. The molecule has 3 rings (SSSR count). The number of ether oxygens (including phenoxy) is 3. The van der Waals surface area contributed by atoms with Gasteiger partial charge in [-0.05, 0) is 49.9 Å². The van der Waals surface area contributed by atoms with Gasteiger partial charge in [0.1, 0.15) is 0 Å². The maximum atomic E-state index is 12.0. The molecule has 4 N–H and O–H groups in total. The Morgan fingerprint density at radius 3 is 1.40 bits per heavy atom. The van der Waals surface area contributed by atoms with E-state index < -0.39 is 53.5 Å². The molecule has 15 heteroatoms. The van der Waals surface area contributed by atoms with Crippen LogP contribution in [0.5, 0.6) is 0 Å². The van der Waals surface area contributed by atoms with Gasteiger partial charge >= 0.3 is 47.8 Å². The number of aromatic carboxylic acids is 2. The van der Waals surface area contributed by atoms with E-state index in [0.717, 1.165) is 25.3 Å². The fourth-order valence-corrected chi connectivity index (χ4v) is 4.22. The summed E-state index contributed by atoms with van der Waals surface area (Å²) >= 11 is 0. The summed E-state index contributed by atoms with van der Waals surface area (Å²) in [7, 11) is 0. The number of aliphatic hydroxyl groups is 1. The molecular formula is C32H32O15. The second-order valence-electron chi connectivity index (χ2n) is 10.0. The summed E-state index contributed by atoms with van der Waals surface area (Å²) in [5.41, 5.74) is -1.14. The number of hydrogen-bond donors (Lipinski definition) is 4. The molecule has 2 aromatic carbocycles. The Morgan fingerprint density at radius 2 is 1.02 bits per heavy atom. The Bertz CT molecular complexity index is 1450. The summed E-state index contributed by atoms with van der Waals surface area (Å²) in [6, 6.07) is 10.5. The molecule has 0 amide bonds. The first-order chi connectivity index (χ1) is 22.2. The number of rotatable bonds is 12. The van der Waals surface area contributed by atoms with Gasteiger partial charge in [-0.1, -0.05) is 30.7 Å². The van der Waals surface area contributed by atoms with Crippen molar-refractivity contribution in [2.45, 2.75) is 63.6 Å². The molecule has 0 heterocycles. The monoisotopic (exact) mass is 656 g/mol. The van der Waals surface area contributed by atoms with Crippen molar-refractivity contribution in [3.8, 4) is 0 Å². The SMILES string of the molecule is O=C(CCCCC(=O)OC(=O)c1ccccc1C(=O)O)OC(=O)c1ccccc1C(=O)O.O=C(O)/C=C\C(=O)OC1(O)CCCCC1. The molecule has 1 fully saturated rings. The third-order valence-corrected chi connectivity index (χ3v) is 6.47. The van der Waals surface area contributed by atoms with Crippen LogP contribution < -0.4 is 0 Å². The fourth-order valence-electron chi connectivity index (χ4n) is 4.22. The first-order valence-electron chi connectivity index (χ1n) is 14.2. The maximum absolute atomic E-state index is 12.0. The molecule has 0 bridgehead atoms. The van der Waals surface area contributed by atoms with E-state index in [1.165, 1.54) is 48.5 Å². The van der Waals surface area contributed by atoms with E-state index in [4.69, 9.17) is 20.1 Å². The molecule has 0 spiro atoms. The predicted octanol–water partition coefficient (Wildman–Crippen LogP) is 3.53. The molecule has 47 heavy (non-hydrogen) atoms. The Hall–Kier alpha value is -5.70. The number of aliphatic carboxylic acids is 1. The van der Waals surface area contributed by atoms with Gasteiger partial charge in [-0.15, -0.1) is 0 Å². The van der Waals surface area contributed by atoms with Crippen molar-refractivity contribution in [3.05, 3.63) is 82.9 Å². The molecule has 2 aromatic rings. The largest absolute Gasteiger partial charge is 0.478 e. The van der Waals surface area contributed by atoms with E-state index in [-0.39, 0.29) is 47.9 Å². The Kier molecular flexibility index (Phi) is 14.6. The van der Waals surface area contributed by atoms with Gasteiger partial charge in [-0.3, -0.25) is 9.59 Å². The van der Waals surface area contributed by atoms with Crippen molar-refractivity contribution in [2.75, 3.05) is 0 Å². The highest BCUT2D eigenvalue weighted by Crippen LogP contribution is 2.29. The number of carboxylic acids is 3. The quantitative estimate of drug-likeness (QED) is 0.0637. The summed E-state index contributed by atoms with van der Waals surface area (Å²) in [5.74, 6) is -10.1. The molecule has 0 atom stereocenters. The second-order valence-corrected chi connectivity index (χ2v) is 10.0. The van der Waals surface area contributed by atoms with Crippen LogP contribution >= 0.6 is 0 Å². The minimum Gasteiger partial charge on any atom is -0.478 e. The average molecular weight is 657 g/mol. The molecule has 0 aliphatic heterocycles. The molecule has 0 radical (unpaired) electrons. The van der Waals surface area contributed by atoms with Crippen LogP contribution in [0.15, 0.2) is 60.7 Å². The van der Waals surface area contributed by atoms with E-state index >= 15 is 0 Å². The zero-order valence-corrected chi connectivity index (χ0v) is 24.9. The molecule has 250 valence electrons. The van der Waals surface area contributed by atoms with Crippen molar-refractivity contribution in [2.24, 2.45) is 0 Å².